The van der Waals surface area contributed by atoms with Crippen molar-refractivity contribution in [3.05, 3.63) is 47.5 Å². The molecule has 0 radical (unpaired) electrons. The standard InChI is InChI=1S/C13H20.C2H4/c1-5-7-13-9-12(6-2)8-10(3)11(13)4;1-2/h8-9H,5-7H2,1-4H3;1-2H2. The highest BCUT2D eigenvalue weighted by Gasteiger charge is 2.02. The largest absolute Gasteiger partial charge is 0.106 e. The van der Waals surface area contributed by atoms with Crippen LogP contribution in [0.15, 0.2) is 25.3 Å². The summed E-state index contributed by atoms with van der Waals surface area (Å²) >= 11 is 0. The van der Waals surface area contributed by atoms with Crippen LogP contribution in [0.4, 0.5) is 0 Å². The zero-order chi connectivity index (χ0) is 11.8. The smallest absolute Gasteiger partial charge is 0.0279 e. The molecule has 0 aliphatic rings. The van der Waals surface area contributed by atoms with Crippen LogP contribution in [0, 0.1) is 13.8 Å². The van der Waals surface area contributed by atoms with Gasteiger partial charge in [-0.3, -0.25) is 0 Å². The molecule has 0 unspecified atom stereocenters. The minimum Gasteiger partial charge on any atom is -0.106 e. The molecule has 0 heteroatoms. The van der Waals surface area contributed by atoms with Crippen molar-refractivity contribution in [3.63, 3.8) is 0 Å². The summed E-state index contributed by atoms with van der Waals surface area (Å²) in [5, 5.41) is 0. The third kappa shape index (κ3) is 3.91. The van der Waals surface area contributed by atoms with Crippen molar-refractivity contribution in [2.45, 2.75) is 47.0 Å². The second-order valence-electron chi connectivity index (χ2n) is 3.80. The van der Waals surface area contributed by atoms with E-state index in [4.69, 9.17) is 0 Å². The highest BCUT2D eigenvalue weighted by molar-refractivity contribution is 5.37. The first-order chi connectivity index (χ1) is 7.19. The van der Waals surface area contributed by atoms with Gasteiger partial charge in [0, 0.05) is 0 Å². The summed E-state index contributed by atoms with van der Waals surface area (Å²) in [6, 6.07) is 4.68. The molecule has 0 bridgehead atoms. The van der Waals surface area contributed by atoms with Crippen LogP contribution in [0.1, 0.15) is 42.5 Å². The Morgan fingerprint density at radius 2 is 1.67 bits per heavy atom. The zero-order valence-corrected chi connectivity index (χ0v) is 10.7. The normalized spacial score (nSPS) is 9.33. The van der Waals surface area contributed by atoms with Crippen molar-refractivity contribution >= 4 is 0 Å². The molecule has 0 saturated heterocycles. The quantitative estimate of drug-likeness (QED) is 0.630. The fraction of sp³-hybridized carbons (Fsp3) is 0.467. The number of hydrogen-bond acceptors (Lipinski definition) is 0. The van der Waals surface area contributed by atoms with Gasteiger partial charge in [-0.2, -0.15) is 0 Å². The third-order valence-electron chi connectivity index (χ3n) is 2.76. The minimum absolute atomic E-state index is 1.15. The van der Waals surface area contributed by atoms with Gasteiger partial charge in [0.2, 0.25) is 0 Å². The SMILES string of the molecule is C=C.CCCc1cc(CC)cc(C)c1C. The topological polar surface area (TPSA) is 0 Å². The zero-order valence-electron chi connectivity index (χ0n) is 10.7. The van der Waals surface area contributed by atoms with Gasteiger partial charge < -0.3 is 0 Å². The van der Waals surface area contributed by atoms with Crippen LogP contribution in [0.5, 0.6) is 0 Å². The van der Waals surface area contributed by atoms with E-state index in [2.05, 4.69) is 53.0 Å². The second kappa shape index (κ2) is 7.28. The van der Waals surface area contributed by atoms with Crippen molar-refractivity contribution in [1.82, 2.24) is 0 Å². The Balaban J connectivity index is 0.000000921. The van der Waals surface area contributed by atoms with Crippen molar-refractivity contribution in [2.75, 3.05) is 0 Å². The van der Waals surface area contributed by atoms with E-state index < -0.39 is 0 Å². The molecule has 1 aromatic carbocycles. The minimum atomic E-state index is 1.15. The maximum atomic E-state index is 3.00. The molecule has 1 aromatic rings. The lowest BCUT2D eigenvalue weighted by Gasteiger charge is -2.10. The summed E-state index contributed by atoms with van der Waals surface area (Å²) in [5.74, 6) is 0. The highest BCUT2D eigenvalue weighted by atomic mass is 14.1. The van der Waals surface area contributed by atoms with Crippen LogP contribution < -0.4 is 0 Å². The van der Waals surface area contributed by atoms with Crippen molar-refractivity contribution < 1.29 is 0 Å². The van der Waals surface area contributed by atoms with Crippen LogP contribution in [0.2, 0.25) is 0 Å². The molecule has 0 N–H and O–H groups in total. The van der Waals surface area contributed by atoms with E-state index in [1.54, 1.807) is 5.56 Å². The third-order valence-corrected chi connectivity index (χ3v) is 2.76. The van der Waals surface area contributed by atoms with Gasteiger partial charge in [0.1, 0.15) is 0 Å². The van der Waals surface area contributed by atoms with Gasteiger partial charge in [-0.05, 0) is 48.9 Å². The molecule has 0 aliphatic heterocycles. The van der Waals surface area contributed by atoms with Gasteiger partial charge in [0.05, 0.1) is 0 Å². The van der Waals surface area contributed by atoms with Gasteiger partial charge in [0.25, 0.3) is 0 Å². The molecule has 84 valence electrons. The lowest BCUT2D eigenvalue weighted by atomic mass is 9.96. The van der Waals surface area contributed by atoms with E-state index in [0.717, 1.165) is 6.42 Å². The molecule has 0 nitrogen and oxygen atoms in total. The van der Waals surface area contributed by atoms with Crippen molar-refractivity contribution in [3.8, 4) is 0 Å². The highest BCUT2D eigenvalue weighted by Crippen LogP contribution is 2.18. The van der Waals surface area contributed by atoms with Crippen LogP contribution in [0.3, 0.4) is 0 Å². The fourth-order valence-electron chi connectivity index (χ4n) is 1.75. The van der Waals surface area contributed by atoms with Gasteiger partial charge in [-0.25, -0.2) is 0 Å². The summed E-state index contributed by atoms with van der Waals surface area (Å²) in [4.78, 5) is 0. The molecule has 0 heterocycles. The lowest BCUT2D eigenvalue weighted by molar-refractivity contribution is 0.904. The van der Waals surface area contributed by atoms with E-state index in [1.807, 2.05) is 0 Å². The van der Waals surface area contributed by atoms with Crippen molar-refractivity contribution in [2.24, 2.45) is 0 Å². The summed E-state index contributed by atoms with van der Waals surface area (Å²) in [5.41, 5.74) is 5.95. The molecule has 0 amide bonds. The Labute approximate surface area is 95.0 Å². The molecule has 0 spiro atoms. The Morgan fingerprint density at radius 3 is 2.13 bits per heavy atom. The van der Waals surface area contributed by atoms with Crippen LogP contribution in [-0.4, -0.2) is 0 Å². The summed E-state index contributed by atoms with van der Waals surface area (Å²) in [6.07, 6.45) is 3.62. The van der Waals surface area contributed by atoms with Gasteiger partial charge in [-0.1, -0.05) is 32.4 Å². The molecule has 0 aromatic heterocycles. The molecule has 1 rings (SSSR count). The van der Waals surface area contributed by atoms with Gasteiger partial charge in [0.15, 0.2) is 0 Å². The molecule has 0 aliphatic carbocycles. The average Bonchev–Trinajstić information content (AvgIpc) is 2.27. The first kappa shape index (κ1) is 14.0. The number of aryl methyl sites for hydroxylation is 3. The summed E-state index contributed by atoms with van der Waals surface area (Å²) in [7, 11) is 0. The van der Waals surface area contributed by atoms with Crippen LogP contribution in [0.25, 0.3) is 0 Å². The van der Waals surface area contributed by atoms with E-state index in [1.165, 1.54) is 29.5 Å². The van der Waals surface area contributed by atoms with E-state index in [9.17, 15) is 0 Å². The average molecular weight is 204 g/mol. The summed E-state index contributed by atoms with van der Waals surface area (Å²) < 4.78 is 0. The van der Waals surface area contributed by atoms with E-state index in [-0.39, 0.29) is 0 Å². The lowest BCUT2D eigenvalue weighted by Crippen LogP contribution is -1.95. The van der Waals surface area contributed by atoms with E-state index in [0.29, 0.717) is 0 Å². The molecule has 0 fully saturated rings. The molecule has 0 saturated carbocycles. The van der Waals surface area contributed by atoms with Gasteiger partial charge in [-0.15, -0.1) is 13.2 Å². The van der Waals surface area contributed by atoms with Gasteiger partial charge >= 0.3 is 0 Å². The predicted molar refractivity (Wildman–Crippen MR) is 70.5 cm³/mol. The Hall–Kier alpha value is -1.04. The molecular weight excluding hydrogens is 180 g/mol. The Morgan fingerprint density at radius 1 is 1.07 bits per heavy atom. The fourth-order valence-corrected chi connectivity index (χ4v) is 1.75. The Kier molecular flexibility index (Phi) is 6.77. The number of hydrogen-bond donors (Lipinski definition) is 0. The number of rotatable bonds is 3. The molecular formula is C15H24. The molecule has 0 atom stereocenters. The monoisotopic (exact) mass is 204 g/mol. The predicted octanol–water partition coefficient (Wildman–Crippen LogP) is 4.62. The number of benzene rings is 1. The van der Waals surface area contributed by atoms with E-state index >= 15 is 0 Å². The first-order valence-electron chi connectivity index (χ1n) is 5.78. The van der Waals surface area contributed by atoms with Crippen LogP contribution in [-0.2, 0) is 12.8 Å². The van der Waals surface area contributed by atoms with Crippen LogP contribution >= 0.6 is 0 Å². The second-order valence-corrected chi connectivity index (χ2v) is 3.80. The Bertz CT molecular complexity index is 297. The maximum absolute atomic E-state index is 3.00. The van der Waals surface area contributed by atoms with Crippen molar-refractivity contribution in [1.29, 1.82) is 0 Å². The molecule has 15 heavy (non-hydrogen) atoms. The maximum Gasteiger partial charge on any atom is -0.0279 e. The first-order valence-corrected chi connectivity index (χ1v) is 5.78. The summed E-state index contributed by atoms with van der Waals surface area (Å²) in [6.45, 7) is 14.9.